The molecule has 7 heteroatoms. The third kappa shape index (κ3) is 3.77. The summed E-state index contributed by atoms with van der Waals surface area (Å²) in [5.74, 6) is 0.171. The van der Waals surface area contributed by atoms with E-state index in [2.05, 4.69) is 20.6 Å². The first kappa shape index (κ1) is 16.5. The maximum absolute atomic E-state index is 12.4. The van der Waals surface area contributed by atoms with Crippen LogP contribution in [0.15, 0.2) is 48.8 Å². The maximum Gasteiger partial charge on any atom is 0.255 e. The van der Waals surface area contributed by atoms with Crippen molar-refractivity contribution in [3.05, 3.63) is 59.9 Å². The van der Waals surface area contributed by atoms with Crippen LogP contribution in [0.2, 0.25) is 0 Å². The number of aromatic amines is 1. The number of aromatic nitrogens is 2. The maximum atomic E-state index is 12.4. The highest BCUT2D eigenvalue weighted by Crippen LogP contribution is 2.21. The minimum Gasteiger partial charge on any atom is -0.352 e. The van der Waals surface area contributed by atoms with Crippen LogP contribution in [0, 0.1) is 5.41 Å². The first-order valence-corrected chi connectivity index (χ1v) is 7.87. The van der Waals surface area contributed by atoms with Crippen molar-refractivity contribution in [3.8, 4) is 0 Å². The lowest BCUT2D eigenvalue weighted by Crippen LogP contribution is -2.34. The molecule has 0 spiro atoms. The molecule has 7 nitrogen and oxygen atoms in total. The molecular formula is C18H20N6O. The van der Waals surface area contributed by atoms with Crippen LogP contribution in [-0.4, -0.2) is 40.8 Å². The van der Waals surface area contributed by atoms with Crippen LogP contribution in [0.3, 0.4) is 0 Å². The molecule has 4 N–H and O–H groups in total. The number of H-pyrrole nitrogens is 1. The SMILES string of the molecule is CN(C)C(=N)NCc1ccc(C(=O)Nc2ccnc3[nH]ccc23)cc1. The van der Waals surface area contributed by atoms with E-state index in [-0.39, 0.29) is 5.91 Å². The standard InChI is InChI=1S/C18H20N6O/c1-24(2)18(19)22-11-12-3-5-13(6-4-12)17(25)23-15-8-10-21-16-14(15)7-9-20-16/h3-10H,11H2,1-2H3,(H2,19,22)(H2,20,21,23,25). The second-order valence-electron chi connectivity index (χ2n) is 5.85. The molecule has 3 aromatic rings. The number of fused-ring (bicyclic) bond motifs is 1. The molecule has 0 saturated heterocycles. The van der Waals surface area contributed by atoms with Crippen molar-refractivity contribution in [2.75, 3.05) is 19.4 Å². The van der Waals surface area contributed by atoms with Gasteiger partial charge in [-0.25, -0.2) is 4.98 Å². The van der Waals surface area contributed by atoms with Gasteiger partial charge in [0.15, 0.2) is 5.96 Å². The van der Waals surface area contributed by atoms with Crippen LogP contribution in [0.25, 0.3) is 11.0 Å². The predicted molar refractivity (Wildman–Crippen MR) is 98.7 cm³/mol. The fourth-order valence-corrected chi connectivity index (χ4v) is 2.38. The Morgan fingerprint density at radius 1 is 1.20 bits per heavy atom. The summed E-state index contributed by atoms with van der Waals surface area (Å²) in [6.07, 6.45) is 3.45. The Morgan fingerprint density at radius 3 is 2.68 bits per heavy atom. The Balaban J connectivity index is 1.67. The molecule has 1 aromatic carbocycles. The third-order valence-electron chi connectivity index (χ3n) is 3.83. The molecule has 0 fully saturated rings. The van der Waals surface area contributed by atoms with Gasteiger partial charge in [-0.05, 0) is 29.8 Å². The number of nitrogens with one attached hydrogen (secondary N) is 4. The van der Waals surface area contributed by atoms with Gasteiger partial charge < -0.3 is 20.5 Å². The molecule has 0 aliphatic heterocycles. The smallest absolute Gasteiger partial charge is 0.255 e. The van der Waals surface area contributed by atoms with Crippen LogP contribution in [0.5, 0.6) is 0 Å². The average molecular weight is 336 g/mol. The van der Waals surface area contributed by atoms with Crippen molar-refractivity contribution in [3.63, 3.8) is 0 Å². The van der Waals surface area contributed by atoms with Crippen LogP contribution in [0.4, 0.5) is 5.69 Å². The minimum absolute atomic E-state index is 0.172. The number of hydrogen-bond acceptors (Lipinski definition) is 3. The van der Waals surface area contributed by atoms with E-state index >= 15 is 0 Å². The molecule has 0 aliphatic rings. The van der Waals surface area contributed by atoms with E-state index in [1.807, 2.05) is 32.3 Å². The van der Waals surface area contributed by atoms with Crippen LogP contribution in [0.1, 0.15) is 15.9 Å². The highest BCUT2D eigenvalue weighted by molar-refractivity contribution is 6.08. The van der Waals surface area contributed by atoms with Gasteiger partial charge in [0.05, 0.1) is 5.69 Å². The number of carbonyl (C=O) groups is 1. The molecule has 2 heterocycles. The first-order chi connectivity index (χ1) is 12.0. The molecule has 25 heavy (non-hydrogen) atoms. The topological polar surface area (TPSA) is 96.9 Å². The number of amides is 1. The summed E-state index contributed by atoms with van der Waals surface area (Å²) in [6, 6.07) is 11.0. The number of carbonyl (C=O) groups excluding carboxylic acids is 1. The number of guanidine groups is 1. The third-order valence-corrected chi connectivity index (χ3v) is 3.83. The fourth-order valence-electron chi connectivity index (χ4n) is 2.38. The van der Waals surface area contributed by atoms with Gasteiger partial charge in [0.25, 0.3) is 5.91 Å². The lowest BCUT2D eigenvalue weighted by atomic mass is 10.1. The highest BCUT2D eigenvalue weighted by atomic mass is 16.1. The van der Waals surface area contributed by atoms with E-state index in [4.69, 9.17) is 5.41 Å². The quantitative estimate of drug-likeness (QED) is 0.434. The zero-order valence-corrected chi connectivity index (χ0v) is 14.1. The normalized spacial score (nSPS) is 10.5. The van der Waals surface area contributed by atoms with E-state index in [0.29, 0.717) is 18.1 Å². The number of benzene rings is 1. The number of nitrogens with zero attached hydrogens (tertiary/aromatic N) is 2. The number of pyridine rings is 1. The van der Waals surface area contributed by atoms with Crippen molar-refractivity contribution in [1.82, 2.24) is 20.2 Å². The molecule has 3 rings (SSSR count). The van der Waals surface area contributed by atoms with Gasteiger partial charge >= 0.3 is 0 Å². The summed E-state index contributed by atoms with van der Waals surface area (Å²) in [5.41, 5.74) is 3.04. The van der Waals surface area contributed by atoms with Crippen molar-refractivity contribution in [2.45, 2.75) is 6.54 Å². The van der Waals surface area contributed by atoms with Gasteiger partial charge in [0.2, 0.25) is 0 Å². The Labute approximate surface area is 145 Å². The van der Waals surface area contributed by atoms with E-state index < -0.39 is 0 Å². The summed E-state index contributed by atoms with van der Waals surface area (Å²) >= 11 is 0. The molecule has 0 unspecified atom stereocenters. The van der Waals surface area contributed by atoms with Gasteiger partial charge in [-0.2, -0.15) is 0 Å². The highest BCUT2D eigenvalue weighted by Gasteiger charge is 2.09. The van der Waals surface area contributed by atoms with E-state index in [9.17, 15) is 4.79 Å². The first-order valence-electron chi connectivity index (χ1n) is 7.87. The predicted octanol–water partition coefficient (Wildman–Crippen LogP) is 2.40. The molecule has 0 radical (unpaired) electrons. The second-order valence-corrected chi connectivity index (χ2v) is 5.85. The van der Waals surface area contributed by atoms with Gasteiger partial charge in [-0.1, -0.05) is 12.1 Å². The van der Waals surface area contributed by atoms with Crippen molar-refractivity contribution >= 4 is 28.6 Å². The fraction of sp³-hybridized carbons (Fsp3) is 0.167. The van der Waals surface area contributed by atoms with Crippen molar-refractivity contribution in [1.29, 1.82) is 5.41 Å². The summed E-state index contributed by atoms with van der Waals surface area (Å²) in [7, 11) is 3.62. The van der Waals surface area contributed by atoms with Crippen LogP contribution in [-0.2, 0) is 6.54 Å². The zero-order valence-electron chi connectivity index (χ0n) is 14.1. The average Bonchev–Trinajstić information content (AvgIpc) is 3.09. The van der Waals surface area contributed by atoms with Gasteiger partial charge in [-0.3, -0.25) is 10.2 Å². The molecule has 0 aliphatic carbocycles. The summed E-state index contributed by atoms with van der Waals surface area (Å²) in [5, 5.41) is 14.5. The minimum atomic E-state index is -0.172. The molecule has 128 valence electrons. The molecular weight excluding hydrogens is 316 g/mol. The summed E-state index contributed by atoms with van der Waals surface area (Å²) < 4.78 is 0. The number of hydrogen-bond donors (Lipinski definition) is 4. The Kier molecular flexibility index (Phi) is 4.65. The Hall–Kier alpha value is -3.35. The van der Waals surface area contributed by atoms with Gasteiger partial charge in [0, 0.05) is 44.0 Å². The monoisotopic (exact) mass is 336 g/mol. The molecule has 0 bridgehead atoms. The largest absolute Gasteiger partial charge is 0.352 e. The van der Waals surface area contributed by atoms with Crippen molar-refractivity contribution < 1.29 is 4.79 Å². The van der Waals surface area contributed by atoms with E-state index in [1.54, 1.807) is 35.5 Å². The van der Waals surface area contributed by atoms with Gasteiger partial charge in [-0.15, -0.1) is 0 Å². The molecule has 2 aromatic heterocycles. The molecule has 1 amide bonds. The number of rotatable bonds is 4. The van der Waals surface area contributed by atoms with E-state index in [1.165, 1.54) is 0 Å². The number of anilines is 1. The zero-order chi connectivity index (χ0) is 17.8. The Morgan fingerprint density at radius 2 is 1.96 bits per heavy atom. The van der Waals surface area contributed by atoms with Crippen LogP contribution >= 0.6 is 0 Å². The molecule has 0 atom stereocenters. The lowest BCUT2D eigenvalue weighted by Gasteiger charge is -2.15. The summed E-state index contributed by atoms with van der Waals surface area (Å²) in [6.45, 7) is 0.535. The van der Waals surface area contributed by atoms with Crippen LogP contribution < -0.4 is 10.6 Å². The molecule has 0 saturated carbocycles. The Bertz CT molecular complexity index is 897. The van der Waals surface area contributed by atoms with Crippen molar-refractivity contribution in [2.24, 2.45) is 0 Å². The van der Waals surface area contributed by atoms with Gasteiger partial charge in [0.1, 0.15) is 5.65 Å². The summed E-state index contributed by atoms with van der Waals surface area (Å²) in [4.78, 5) is 21.4. The lowest BCUT2D eigenvalue weighted by molar-refractivity contribution is 0.102. The van der Waals surface area contributed by atoms with E-state index in [0.717, 1.165) is 22.3 Å². The second kappa shape index (κ2) is 7.04.